The number of rotatable bonds is 22. The summed E-state index contributed by atoms with van der Waals surface area (Å²) >= 11 is 0. The first-order chi connectivity index (χ1) is 12.4. The molecule has 0 rings (SSSR count). The number of aliphatic hydroxyl groups is 2. The van der Waals surface area contributed by atoms with Crippen LogP contribution in [0.5, 0.6) is 0 Å². The molecule has 152 valence electrons. The molecule has 0 saturated carbocycles. The van der Waals surface area contributed by atoms with E-state index in [0.717, 1.165) is 38.5 Å². The van der Waals surface area contributed by atoms with Gasteiger partial charge in [0.2, 0.25) is 0 Å². The fraction of sp³-hybridized carbons (Fsp3) is 1.00. The lowest BCUT2D eigenvalue weighted by Crippen LogP contribution is -2.16. The highest BCUT2D eigenvalue weighted by atomic mass is 16.9. The first kappa shape index (κ1) is 24.8. The number of hydrogen-bond donors (Lipinski definition) is 3. The van der Waals surface area contributed by atoms with Crippen LogP contribution in [0.1, 0.15) is 103 Å². The second-order valence-corrected chi connectivity index (χ2v) is 6.88. The highest BCUT2D eigenvalue weighted by Crippen LogP contribution is 2.09. The Bertz CT molecular complexity index is 208. The van der Waals surface area contributed by atoms with Crippen molar-refractivity contribution in [3.8, 4) is 0 Å². The molecule has 0 saturated heterocycles. The zero-order valence-corrected chi connectivity index (χ0v) is 16.4. The van der Waals surface area contributed by atoms with Gasteiger partial charge in [-0.1, -0.05) is 82.7 Å². The van der Waals surface area contributed by atoms with Gasteiger partial charge in [-0.2, -0.15) is 0 Å². The molecule has 0 bridgehead atoms. The lowest BCUT2D eigenvalue weighted by atomic mass is 10.1. The van der Waals surface area contributed by atoms with Gasteiger partial charge in [0, 0.05) is 13.2 Å². The Hall–Kier alpha value is -0.200. The van der Waals surface area contributed by atoms with Crippen LogP contribution in [0.3, 0.4) is 0 Å². The van der Waals surface area contributed by atoms with E-state index in [9.17, 15) is 0 Å². The normalized spacial score (nSPS) is 11.3. The van der Waals surface area contributed by atoms with E-state index in [1.807, 2.05) is 0 Å². The maximum Gasteiger partial charge on any atom is 0.0709 e. The van der Waals surface area contributed by atoms with Gasteiger partial charge in [0.15, 0.2) is 0 Å². The van der Waals surface area contributed by atoms with Crippen molar-refractivity contribution in [3.05, 3.63) is 0 Å². The topological polar surface area (TPSA) is 71.0 Å². The first-order valence-corrected chi connectivity index (χ1v) is 10.6. The summed E-state index contributed by atoms with van der Waals surface area (Å²) in [4.78, 5) is 10.5. The highest BCUT2D eigenvalue weighted by molar-refractivity contribution is 4.47. The van der Waals surface area contributed by atoms with Crippen LogP contribution in [0.2, 0.25) is 0 Å². The standard InChI is InChI=1S/C20H43NO4/c22-17-13-9-5-1-3-7-11-15-19-24-21-25-20-16-12-8-4-2-6-10-14-18-23/h21-23H,1-20H2. The van der Waals surface area contributed by atoms with Gasteiger partial charge in [-0.25, -0.2) is 0 Å². The molecule has 0 aromatic carbocycles. The van der Waals surface area contributed by atoms with Crippen LogP contribution >= 0.6 is 0 Å². The van der Waals surface area contributed by atoms with E-state index < -0.39 is 0 Å². The fourth-order valence-electron chi connectivity index (χ4n) is 2.82. The van der Waals surface area contributed by atoms with Crippen molar-refractivity contribution >= 4 is 0 Å². The Morgan fingerprint density at radius 2 is 0.680 bits per heavy atom. The van der Waals surface area contributed by atoms with Gasteiger partial charge in [0.1, 0.15) is 0 Å². The second-order valence-electron chi connectivity index (χ2n) is 6.88. The summed E-state index contributed by atoms with van der Waals surface area (Å²) < 4.78 is 0. The summed E-state index contributed by atoms with van der Waals surface area (Å²) in [5.74, 6) is 0. The Morgan fingerprint density at radius 1 is 0.400 bits per heavy atom. The van der Waals surface area contributed by atoms with Crippen molar-refractivity contribution in [1.82, 2.24) is 5.64 Å². The summed E-state index contributed by atoms with van der Waals surface area (Å²) in [6.45, 7) is 2.08. The van der Waals surface area contributed by atoms with E-state index in [1.54, 1.807) is 0 Å². The van der Waals surface area contributed by atoms with E-state index in [2.05, 4.69) is 5.64 Å². The van der Waals surface area contributed by atoms with Crippen molar-refractivity contribution in [1.29, 1.82) is 0 Å². The number of unbranched alkanes of at least 4 members (excludes halogenated alkanes) is 14. The third kappa shape index (κ3) is 23.8. The summed E-state index contributed by atoms with van der Waals surface area (Å²) in [6, 6.07) is 0. The molecule has 0 atom stereocenters. The Balaban J connectivity index is 2.94. The van der Waals surface area contributed by atoms with Crippen molar-refractivity contribution in [3.63, 3.8) is 0 Å². The molecule has 0 spiro atoms. The maximum atomic E-state index is 8.69. The minimum atomic E-state index is 0.332. The predicted octanol–water partition coefficient (Wildman–Crippen LogP) is 4.67. The molecule has 0 aliphatic carbocycles. The van der Waals surface area contributed by atoms with Crippen LogP contribution in [0, 0.1) is 0 Å². The van der Waals surface area contributed by atoms with E-state index in [-0.39, 0.29) is 0 Å². The molecule has 0 heterocycles. The summed E-state index contributed by atoms with van der Waals surface area (Å²) in [6.07, 6.45) is 18.9. The molecule has 5 heteroatoms. The SMILES string of the molecule is OCCCCCCCCCCONOCCCCCCCCCCO. The van der Waals surface area contributed by atoms with Crippen LogP contribution in [0.25, 0.3) is 0 Å². The summed E-state index contributed by atoms with van der Waals surface area (Å²) in [7, 11) is 0. The van der Waals surface area contributed by atoms with E-state index in [0.29, 0.717) is 26.4 Å². The van der Waals surface area contributed by atoms with Gasteiger partial charge in [-0.05, 0) is 25.7 Å². The second kappa shape index (κ2) is 23.8. The molecule has 0 amide bonds. The molecule has 0 radical (unpaired) electrons. The molecular formula is C20H43NO4. The van der Waals surface area contributed by atoms with Gasteiger partial charge in [-0.3, -0.25) is 9.68 Å². The highest BCUT2D eigenvalue weighted by Gasteiger charge is 1.95. The Kier molecular flexibility index (Phi) is 23.6. The smallest absolute Gasteiger partial charge is 0.0709 e. The zero-order chi connectivity index (χ0) is 18.3. The average Bonchev–Trinajstić information content (AvgIpc) is 2.63. The molecule has 5 nitrogen and oxygen atoms in total. The third-order valence-corrected chi connectivity index (χ3v) is 4.43. The van der Waals surface area contributed by atoms with Crippen LogP contribution in [-0.2, 0) is 9.68 Å². The number of nitrogens with one attached hydrogen (secondary N) is 1. The van der Waals surface area contributed by atoms with Crippen molar-refractivity contribution in [2.24, 2.45) is 0 Å². The Morgan fingerprint density at radius 3 is 1.00 bits per heavy atom. The quantitative estimate of drug-likeness (QED) is 0.193. The Labute approximate surface area is 155 Å². The van der Waals surface area contributed by atoms with Crippen LogP contribution in [0.4, 0.5) is 0 Å². The zero-order valence-electron chi connectivity index (χ0n) is 16.4. The minimum absolute atomic E-state index is 0.332. The van der Waals surface area contributed by atoms with Crippen LogP contribution < -0.4 is 5.64 Å². The molecule has 0 aliphatic rings. The molecular weight excluding hydrogens is 318 g/mol. The van der Waals surface area contributed by atoms with Crippen molar-refractivity contribution < 1.29 is 19.9 Å². The number of hydrogen-bond acceptors (Lipinski definition) is 5. The third-order valence-electron chi connectivity index (χ3n) is 4.43. The van der Waals surface area contributed by atoms with E-state index in [4.69, 9.17) is 19.9 Å². The number of aliphatic hydroxyl groups excluding tert-OH is 2. The van der Waals surface area contributed by atoms with Crippen molar-refractivity contribution in [2.45, 2.75) is 103 Å². The molecule has 0 unspecified atom stereocenters. The largest absolute Gasteiger partial charge is 0.396 e. The molecule has 0 aliphatic heterocycles. The first-order valence-electron chi connectivity index (χ1n) is 10.6. The fourth-order valence-corrected chi connectivity index (χ4v) is 2.82. The van der Waals surface area contributed by atoms with Gasteiger partial charge in [0.05, 0.1) is 13.2 Å². The van der Waals surface area contributed by atoms with E-state index >= 15 is 0 Å². The van der Waals surface area contributed by atoms with Crippen LogP contribution in [-0.4, -0.2) is 36.6 Å². The minimum Gasteiger partial charge on any atom is -0.396 e. The van der Waals surface area contributed by atoms with E-state index in [1.165, 1.54) is 64.2 Å². The van der Waals surface area contributed by atoms with Gasteiger partial charge in [0.25, 0.3) is 0 Å². The average molecular weight is 362 g/mol. The lowest BCUT2D eigenvalue weighted by molar-refractivity contribution is -0.171. The molecule has 0 aromatic heterocycles. The van der Waals surface area contributed by atoms with Crippen molar-refractivity contribution in [2.75, 3.05) is 26.4 Å². The lowest BCUT2D eigenvalue weighted by Gasteiger charge is -2.06. The molecule has 3 N–H and O–H groups in total. The maximum absolute atomic E-state index is 8.69. The summed E-state index contributed by atoms with van der Waals surface area (Å²) in [5.41, 5.74) is 2.59. The molecule has 25 heavy (non-hydrogen) atoms. The van der Waals surface area contributed by atoms with Crippen LogP contribution in [0.15, 0.2) is 0 Å². The molecule has 0 aromatic rings. The van der Waals surface area contributed by atoms with Gasteiger partial charge >= 0.3 is 0 Å². The predicted molar refractivity (Wildman–Crippen MR) is 103 cm³/mol. The summed E-state index contributed by atoms with van der Waals surface area (Å²) in [5, 5.41) is 17.4. The van der Waals surface area contributed by atoms with Gasteiger partial charge in [-0.15, -0.1) is 0 Å². The van der Waals surface area contributed by atoms with Gasteiger partial charge < -0.3 is 10.2 Å². The molecule has 0 fully saturated rings. The monoisotopic (exact) mass is 361 g/mol.